The van der Waals surface area contributed by atoms with Crippen molar-refractivity contribution in [1.82, 2.24) is 9.80 Å². The van der Waals surface area contributed by atoms with Crippen LogP contribution in [0, 0.1) is 0 Å². The summed E-state index contributed by atoms with van der Waals surface area (Å²) in [5, 5.41) is 1.86. The van der Waals surface area contributed by atoms with Gasteiger partial charge in [-0.25, -0.2) is 4.79 Å². The summed E-state index contributed by atoms with van der Waals surface area (Å²) in [7, 11) is 0. The second kappa shape index (κ2) is 5.95. The number of carbonyl (C=O) groups excluding carboxylic acids is 2. The average molecular weight is 294 g/mol. The quantitative estimate of drug-likeness (QED) is 0.794. The Morgan fingerprint density at radius 2 is 1.85 bits per heavy atom. The lowest BCUT2D eigenvalue weighted by Crippen LogP contribution is -2.55. The highest BCUT2D eigenvalue weighted by Gasteiger charge is 2.36. The van der Waals surface area contributed by atoms with Crippen molar-refractivity contribution in [3.05, 3.63) is 22.4 Å². The Morgan fingerprint density at radius 1 is 1.20 bits per heavy atom. The molecule has 1 aliphatic heterocycles. The lowest BCUT2D eigenvalue weighted by Gasteiger charge is -2.38. The fraction of sp³-hybridized carbons (Fsp3) is 0.600. The van der Waals surface area contributed by atoms with Crippen molar-refractivity contribution in [2.75, 3.05) is 13.1 Å². The van der Waals surface area contributed by atoms with Crippen LogP contribution in [0.5, 0.6) is 0 Å². The van der Waals surface area contributed by atoms with Gasteiger partial charge in [0.2, 0.25) is 0 Å². The van der Waals surface area contributed by atoms with Gasteiger partial charge in [-0.05, 0) is 51.5 Å². The van der Waals surface area contributed by atoms with Crippen LogP contribution in [0.25, 0.3) is 0 Å². The molecule has 0 saturated carbocycles. The van der Waals surface area contributed by atoms with Crippen molar-refractivity contribution in [1.29, 1.82) is 0 Å². The zero-order valence-electron chi connectivity index (χ0n) is 12.4. The minimum absolute atomic E-state index is 0.157. The molecule has 2 rings (SSSR count). The van der Waals surface area contributed by atoms with Gasteiger partial charge in [0.05, 0.1) is 4.88 Å². The number of imide groups is 1. The van der Waals surface area contributed by atoms with Gasteiger partial charge in [0.1, 0.15) is 0 Å². The minimum Gasteiger partial charge on any atom is -0.324 e. The molecule has 2 heterocycles. The smallest absolute Gasteiger partial charge is 0.324 e. The third-order valence-corrected chi connectivity index (χ3v) is 4.28. The van der Waals surface area contributed by atoms with Crippen LogP contribution in [-0.4, -0.2) is 40.4 Å². The van der Waals surface area contributed by atoms with E-state index in [1.54, 1.807) is 11.0 Å². The third-order valence-electron chi connectivity index (χ3n) is 3.42. The number of thiophene rings is 1. The summed E-state index contributed by atoms with van der Waals surface area (Å²) in [6, 6.07) is 3.45. The summed E-state index contributed by atoms with van der Waals surface area (Å²) in [4.78, 5) is 29.2. The SMILES string of the molecule is CC(C)(C)N(C(=O)c1cccs1)C(=O)N1CCCCC1. The molecule has 1 aromatic rings. The monoisotopic (exact) mass is 294 g/mol. The Kier molecular flexibility index (Phi) is 4.48. The second-order valence-electron chi connectivity index (χ2n) is 6.12. The lowest BCUT2D eigenvalue weighted by atomic mass is 10.1. The molecule has 20 heavy (non-hydrogen) atoms. The predicted molar refractivity (Wildman–Crippen MR) is 81.1 cm³/mol. The molecule has 1 fully saturated rings. The van der Waals surface area contributed by atoms with Gasteiger partial charge in [0.25, 0.3) is 5.91 Å². The van der Waals surface area contributed by atoms with Crippen molar-refractivity contribution >= 4 is 23.3 Å². The van der Waals surface area contributed by atoms with Crippen molar-refractivity contribution in [3.63, 3.8) is 0 Å². The largest absolute Gasteiger partial charge is 0.327 e. The molecule has 0 atom stereocenters. The molecule has 3 amide bonds. The first-order valence-corrected chi connectivity index (χ1v) is 7.96. The number of nitrogens with zero attached hydrogens (tertiary/aromatic N) is 2. The van der Waals surface area contributed by atoms with Crippen LogP contribution in [0.4, 0.5) is 4.79 Å². The van der Waals surface area contributed by atoms with Crippen LogP contribution < -0.4 is 0 Å². The number of rotatable bonds is 1. The van der Waals surface area contributed by atoms with Crippen molar-refractivity contribution in [3.8, 4) is 0 Å². The Labute approximate surface area is 124 Å². The topological polar surface area (TPSA) is 40.6 Å². The fourth-order valence-corrected chi connectivity index (χ4v) is 3.07. The summed E-state index contributed by atoms with van der Waals surface area (Å²) in [5.74, 6) is -0.192. The molecule has 0 N–H and O–H groups in total. The van der Waals surface area contributed by atoms with Crippen LogP contribution in [0.3, 0.4) is 0 Å². The summed E-state index contributed by atoms with van der Waals surface area (Å²) in [5.41, 5.74) is -0.518. The molecule has 1 aliphatic rings. The summed E-state index contributed by atoms with van der Waals surface area (Å²) >= 11 is 1.38. The first-order chi connectivity index (χ1) is 9.41. The molecular formula is C15H22N2O2S. The van der Waals surface area contributed by atoms with E-state index in [2.05, 4.69) is 0 Å². The predicted octanol–water partition coefficient (Wildman–Crippen LogP) is 3.59. The van der Waals surface area contributed by atoms with Crippen molar-refractivity contribution in [2.24, 2.45) is 0 Å². The van der Waals surface area contributed by atoms with Crippen LogP contribution in [0.2, 0.25) is 0 Å². The number of amides is 3. The molecule has 0 unspecified atom stereocenters. The maximum atomic E-state index is 12.7. The summed E-state index contributed by atoms with van der Waals surface area (Å²) < 4.78 is 0. The number of urea groups is 1. The standard InChI is InChI=1S/C15H22N2O2S/c1-15(2,3)17(13(18)12-8-7-11-20-12)14(19)16-9-5-4-6-10-16/h7-8,11H,4-6,9-10H2,1-3H3. The Morgan fingerprint density at radius 3 is 2.35 bits per heavy atom. The Balaban J connectivity index is 2.23. The van der Waals surface area contributed by atoms with E-state index in [0.29, 0.717) is 4.88 Å². The van der Waals surface area contributed by atoms with E-state index in [1.165, 1.54) is 16.2 Å². The first-order valence-electron chi connectivity index (χ1n) is 7.08. The second-order valence-corrected chi connectivity index (χ2v) is 7.07. The van der Waals surface area contributed by atoms with Gasteiger partial charge in [0, 0.05) is 18.6 Å². The van der Waals surface area contributed by atoms with Crippen LogP contribution in [0.15, 0.2) is 17.5 Å². The third kappa shape index (κ3) is 3.20. The molecule has 110 valence electrons. The highest BCUT2D eigenvalue weighted by atomic mass is 32.1. The van der Waals surface area contributed by atoms with Crippen LogP contribution in [0.1, 0.15) is 49.7 Å². The van der Waals surface area contributed by atoms with E-state index in [1.807, 2.05) is 32.2 Å². The van der Waals surface area contributed by atoms with Gasteiger partial charge < -0.3 is 4.90 Å². The van der Waals surface area contributed by atoms with Gasteiger partial charge in [0.15, 0.2) is 0 Å². The van der Waals surface area contributed by atoms with E-state index >= 15 is 0 Å². The summed E-state index contributed by atoms with van der Waals surface area (Å²) in [6.45, 7) is 7.22. The molecule has 0 spiro atoms. The van der Waals surface area contributed by atoms with Crippen molar-refractivity contribution in [2.45, 2.75) is 45.6 Å². The molecule has 0 aromatic carbocycles. The molecule has 1 aromatic heterocycles. The van der Waals surface area contributed by atoms with Gasteiger partial charge >= 0.3 is 6.03 Å². The molecule has 5 heteroatoms. The molecule has 0 radical (unpaired) electrons. The Bertz CT molecular complexity index is 471. The fourth-order valence-electron chi connectivity index (χ4n) is 2.42. The number of hydrogen-bond acceptors (Lipinski definition) is 3. The van der Waals surface area contributed by atoms with Crippen molar-refractivity contribution < 1.29 is 9.59 Å². The number of likely N-dealkylation sites (tertiary alicyclic amines) is 1. The van der Waals surface area contributed by atoms with Crippen LogP contribution >= 0.6 is 11.3 Å². The summed E-state index contributed by atoms with van der Waals surface area (Å²) in [6.07, 6.45) is 3.21. The van der Waals surface area contributed by atoms with Gasteiger partial charge in [-0.2, -0.15) is 0 Å². The highest BCUT2D eigenvalue weighted by molar-refractivity contribution is 7.12. The molecule has 1 saturated heterocycles. The molecule has 0 bridgehead atoms. The van der Waals surface area contributed by atoms with Gasteiger partial charge in [-0.3, -0.25) is 9.69 Å². The van der Waals surface area contributed by atoms with E-state index < -0.39 is 5.54 Å². The zero-order valence-corrected chi connectivity index (χ0v) is 13.2. The first kappa shape index (κ1) is 15.0. The lowest BCUT2D eigenvalue weighted by molar-refractivity contribution is 0.0596. The van der Waals surface area contributed by atoms with Gasteiger partial charge in [-0.1, -0.05) is 6.07 Å². The Hall–Kier alpha value is -1.36. The van der Waals surface area contributed by atoms with E-state index in [9.17, 15) is 9.59 Å². The number of piperidine rings is 1. The average Bonchev–Trinajstić information content (AvgIpc) is 2.92. The highest BCUT2D eigenvalue weighted by Crippen LogP contribution is 2.23. The molecule has 4 nitrogen and oxygen atoms in total. The maximum absolute atomic E-state index is 12.7. The normalized spacial score (nSPS) is 16.1. The zero-order chi connectivity index (χ0) is 14.8. The van der Waals surface area contributed by atoms with E-state index in [0.717, 1.165) is 32.4 Å². The maximum Gasteiger partial charge on any atom is 0.327 e. The minimum atomic E-state index is -0.518. The van der Waals surface area contributed by atoms with E-state index in [4.69, 9.17) is 0 Å². The molecule has 0 aliphatic carbocycles. The van der Waals surface area contributed by atoms with Crippen LogP contribution in [-0.2, 0) is 0 Å². The number of carbonyl (C=O) groups is 2. The van der Waals surface area contributed by atoms with E-state index in [-0.39, 0.29) is 11.9 Å². The number of hydrogen-bond donors (Lipinski definition) is 0. The van der Waals surface area contributed by atoms with Gasteiger partial charge in [-0.15, -0.1) is 11.3 Å². The molecular weight excluding hydrogens is 272 g/mol.